The molecule has 22 heavy (non-hydrogen) atoms. The van der Waals surface area contributed by atoms with Crippen molar-refractivity contribution in [3.8, 4) is 6.07 Å². The molecule has 0 saturated carbocycles. The average Bonchev–Trinajstić information content (AvgIpc) is 2.45. The number of halogens is 2. The summed E-state index contributed by atoms with van der Waals surface area (Å²) in [6.07, 6.45) is 1.56. The van der Waals surface area contributed by atoms with E-state index in [2.05, 4.69) is 16.5 Å². The molecule has 1 aromatic rings. The van der Waals surface area contributed by atoms with Gasteiger partial charge in [0.1, 0.15) is 12.4 Å². The van der Waals surface area contributed by atoms with Gasteiger partial charge in [-0.25, -0.2) is 4.39 Å². The van der Waals surface area contributed by atoms with Gasteiger partial charge >= 0.3 is 0 Å². The lowest BCUT2D eigenvalue weighted by Gasteiger charge is -2.19. The fraction of sp³-hybridized carbons (Fsp3) is 0.267. The van der Waals surface area contributed by atoms with Gasteiger partial charge < -0.3 is 10.2 Å². The molecular weight excluding hydrogens is 309 g/mol. The molecule has 1 aromatic carbocycles. The normalized spacial score (nSPS) is 18.3. The Morgan fingerprint density at radius 1 is 1.64 bits per heavy atom. The van der Waals surface area contributed by atoms with Gasteiger partial charge in [0, 0.05) is 23.6 Å². The van der Waals surface area contributed by atoms with E-state index >= 15 is 0 Å². The van der Waals surface area contributed by atoms with Crippen molar-refractivity contribution in [1.29, 1.82) is 5.26 Å². The monoisotopic (exact) mass is 321 g/mol. The second-order valence-electron chi connectivity index (χ2n) is 4.77. The molecule has 1 N–H and O–H groups in total. The van der Waals surface area contributed by atoms with Crippen molar-refractivity contribution in [3.05, 3.63) is 45.9 Å². The first kappa shape index (κ1) is 16.0. The third kappa shape index (κ3) is 3.83. The first-order valence-electron chi connectivity index (χ1n) is 6.51. The van der Waals surface area contributed by atoms with E-state index in [0.717, 1.165) is 0 Å². The van der Waals surface area contributed by atoms with Crippen LogP contribution in [0.25, 0.3) is 0 Å². The number of nitrogens with one attached hydrogen (secondary N) is 1. The molecule has 0 unspecified atom stereocenters. The third-order valence-electron chi connectivity index (χ3n) is 3.18. The number of carbonyl (C=O) groups is 1. The molecular formula is C15H13ClFN3O2. The first-order valence-corrected chi connectivity index (χ1v) is 6.89. The smallest absolute Gasteiger partial charge is 0.225 e. The number of nitrogens with zero attached hydrogens (tertiary/aromatic N) is 2. The van der Waals surface area contributed by atoms with Crippen LogP contribution in [0.1, 0.15) is 18.9 Å². The van der Waals surface area contributed by atoms with Gasteiger partial charge in [0.15, 0.2) is 0 Å². The van der Waals surface area contributed by atoms with Crippen LogP contribution in [0.5, 0.6) is 0 Å². The highest BCUT2D eigenvalue weighted by Crippen LogP contribution is 2.21. The Bertz CT molecular complexity index is 695. The van der Waals surface area contributed by atoms with Crippen LogP contribution in [0, 0.1) is 23.1 Å². The number of hydrogen-bond donors (Lipinski definition) is 1. The van der Waals surface area contributed by atoms with Crippen LogP contribution in [0.3, 0.4) is 0 Å². The summed E-state index contributed by atoms with van der Waals surface area (Å²) in [4.78, 5) is 16.6. The number of benzene rings is 1. The number of allylic oxidation sites excluding steroid dienone is 2. The molecule has 0 radical (unpaired) electrons. The summed E-state index contributed by atoms with van der Waals surface area (Å²) in [5.41, 5.74) is 1.57. The highest BCUT2D eigenvalue weighted by atomic mass is 35.5. The minimum absolute atomic E-state index is 0.0686. The van der Waals surface area contributed by atoms with E-state index in [0.29, 0.717) is 16.8 Å². The summed E-state index contributed by atoms with van der Waals surface area (Å²) < 4.78 is 12.9. The summed E-state index contributed by atoms with van der Waals surface area (Å²) >= 11 is 5.87. The van der Waals surface area contributed by atoms with Gasteiger partial charge in [-0.2, -0.15) is 5.26 Å². The molecule has 0 bridgehead atoms. The highest BCUT2D eigenvalue weighted by molar-refractivity contribution is 6.31. The van der Waals surface area contributed by atoms with E-state index in [9.17, 15) is 9.18 Å². The minimum Gasteiger partial charge on any atom is -0.391 e. The number of rotatable bonds is 4. The second kappa shape index (κ2) is 7.05. The molecule has 1 atom stereocenters. The number of oxime groups is 1. The van der Waals surface area contributed by atoms with E-state index in [1.807, 2.05) is 0 Å². The van der Waals surface area contributed by atoms with Crippen molar-refractivity contribution < 1.29 is 14.0 Å². The van der Waals surface area contributed by atoms with Crippen molar-refractivity contribution in [2.75, 3.05) is 0 Å². The van der Waals surface area contributed by atoms with Crippen LogP contribution < -0.4 is 5.32 Å². The number of amides is 1. The van der Waals surface area contributed by atoms with Gasteiger partial charge in [-0.1, -0.05) is 22.8 Å². The zero-order valence-corrected chi connectivity index (χ0v) is 12.5. The fourth-order valence-electron chi connectivity index (χ4n) is 2.06. The third-order valence-corrected chi connectivity index (χ3v) is 3.53. The first-order chi connectivity index (χ1) is 10.5. The molecule has 1 aliphatic heterocycles. The minimum atomic E-state index is -0.426. The van der Waals surface area contributed by atoms with Gasteiger partial charge in [-0.3, -0.25) is 4.79 Å². The van der Waals surface area contributed by atoms with Crippen molar-refractivity contribution >= 4 is 23.7 Å². The number of hydrogen-bond acceptors (Lipinski definition) is 4. The van der Waals surface area contributed by atoms with Crippen LogP contribution in [-0.4, -0.2) is 12.1 Å². The Morgan fingerprint density at radius 3 is 3.09 bits per heavy atom. The predicted octanol–water partition coefficient (Wildman–Crippen LogP) is 2.92. The molecule has 1 aliphatic rings. The van der Waals surface area contributed by atoms with E-state index in [1.165, 1.54) is 24.4 Å². The largest absolute Gasteiger partial charge is 0.391 e. The Kier molecular flexibility index (Phi) is 5.12. The van der Waals surface area contributed by atoms with E-state index in [1.54, 1.807) is 6.92 Å². The maximum absolute atomic E-state index is 12.9. The Balaban J connectivity index is 1.99. The molecule has 1 amide bonds. The molecule has 2 rings (SSSR count). The Labute approximate surface area is 132 Å². The number of nitriles is 1. The van der Waals surface area contributed by atoms with Crippen LogP contribution in [0.4, 0.5) is 4.39 Å². The van der Waals surface area contributed by atoms with Gasteiger partial charge in [0.2, 0.25) is 5.91 Å². The topological polar surface area (TPSA) is 74.5 Å². The summed E-state index contributed by atoms with van der Waals surface area (Å²) in [7, 11) is 0. The zero-order chi connectivity index (χ0) is 16.1. The molecule has 0 spiro atoms. The summed E-state index contributed by atoms with van der Waals surface area (Å²) in [6, 6.07) is 6.03. The van der Waals surface area contributed by atoms with Crippen molar-refractivity contribution in [2.24, 2.45) is 11.1 Å². The van der Waals surface area contributed by atoms with Crippen LogP contribution in [0.2, 0.25) is 5.02 Å². The van der Waals surface area contributed by atoms with E-state index in [4.69, 9.17) is 21.7 Å². The highest BCUT2D eigenvalue weighted by Gasteiger charge is 2.24. The van der Waals surface area contributed by atoms with Gasteiger partial charge in [-0.15, -0.1) is 0 Å². The molecule has 5 nitrogen and oxygen atoms in total. The summed E-state index contributed by atoms with van der Waals surface area (Å²) in [5, 5.41) is 15.7. The Morgan fingerprint density at radius 2 is 2.41 bits per heavy atom. The Hall–Kier alpha value is -2.39. The molecule has 0 aromatic heterocycles. The van der Waals surface area contributed by atoms with Crippen LogP contribution in [0.15, 0.2) is 34.6 Å². The lowest BCUT2D eigenvalue weighted by atomic mass is 9.93. The number of carbonyl (C=O) groups excluding carboxylic acids is 1. The standard InChI is InChI=1S/C15H13ClFN3O2/c1-9-13(6-18)11(4-15(21)20-9)7-19-22-8-10-2-3-12(17)5-14(10)16/h2-3,5,7,11H,4,8H2,1H3,(H,20,21)/b19-7-/t11-/m0/s1. The van der Waals surface area contributed by atoms with Crippen LogP contribution in [-0.2, 0) is 16.2 Å². The van der Waals surface area contributed by atoms with Gasteiger partial charge in [0.05, 0.1) is 22.9 Å². The van der Waals surface area contributed by atoms with Gasteiger partial charge in [-0.05, 0) is 19.1 Å². The lowest BCUT2D eigenvalue weighted by molar-refractivity contribution is -0.121. The van der Waals surface area contributed by atoms with Crippen molar-refractivity contribution in [3.63, 3.8) is 0 Å². The SMILES string of the molecule is CC1=C(C#N)[C@H](/C=N\OCc2ccc(F)cc2Cl)CC(=O)N1. The fourth-order valence-corrected chi connectivity index (χ4v) is 2.29. The quantitative estimate of drug-likeness (QED) is 0.684. The average molecular weight is 322 g/mol. The molecule has 7 heteroatoms. The summed E-state index contributed by atoms with van der Waals surface area (Å²) in [6.45, 7) is 1.73. The van der Waals surface area contributed by atoms with Crippen LogP contribution >= 0.6 is 11.6 Å². The molecule has 1 heterocycles. The van der Waals surface area contributed by atoms with E-state index < -0.39 is 11.7 Å². The van der Waals surface area contributed by atoms with Gasteiger partial charge in [0.25, 0.3) is 0 Å². The van der Waals surface area contributed by atoms with Crippen molar-refractivity contribution in [1.82, 2.24) is 5.32 Å². The predicted molar refractivity (Wildman–Crippen MR) is 79.3 cm³/mol. The maximum atomic E-state index is 12.9. The molecule has 0 saturated heterocycles. The van der Waals surface area contributed by atoms with Crippen molar-refractivity contribution in [2.45, 2.75) is 20.0 Å². The van der Waals surface area contributed by atoms with E-state index in [-0.39, 0.29) is 24.0 Å². The summed E-state index contributed by atoms with van der Waals surface area (Å²) in [5.74, 6) is -1.01. The second-order valence-corrected chi connectivity index (χ2v) is 5.18. The molecule has 114 valence electrons. The maximum Gasteiger partial charge on any atom is 0.225 e. The zero-order valence-electron chi connectivity index (χ0n) is 11.8. The lowest BCUT2D eigenvalue weighted by Crippen LogP contribution is -2.32. The molecule has 0 aliphatic carbocycles. The molecule has 0 fully saturated rings.